The van der Waals surface area contributed by atoms with E-state index < -0.39 is 24.5 Å². The van der Waals surface area contributed by atoms with Crippen molar-refractivity contribution in [2.75, 3.05) is 20.3 Å². The Morgan fingerprint density at radius 3 is 2.08 bits per heavy atom. The maximum absolute atomic E-state index is 12.7. The Labute approximate surface area is 149 Å². The molecule has 1 N–H and O–H groups in total. The molecule has 0 spiro atoms. The zero-order chi connectivity index (χ0) is 18.5. The van der Waals surface area contributed by atoms with E-state index in [-0.39, 0.29) is 6.54 Å². The Bertz CT molecular complexity index is 942. The summed E-state index contributed by atoms with van der Waals surface area (Å²) in [5.74, 6) is -1.75. The molecule has 6 heteroatoms. The summed E-state index contributed by atoms with van der Waals surface area (Å²) in [6.45, 7) is -0.753. The number of hydrogen-bond acceptors (Lipinski definition) is 5. The Kier molecular flexibility index (Phi) is 5.12. The van der Waals surface area contributed by atoms with Crippen LogP contribution in [0.2, 0.25) is 0 Å². The van der Waals surface area contributed by atoms with Gasteiger partial charge in [0.05, 0.1) is 12.7 Å². The van der Waals surface area contributed by atoms with Gasteiger partial charge < -0.3 is 14.8 Å². The SMILES string of the molecule is COC(=O)CNC(=O)COC(=O)c1c2ccccc2cc2ccccc12. The molecule has 0 bridgehead atoms. The molecule has 0 heterocycles. The van der Waals surface area contributed by atoms with Gasteiger partial charge in [-0.25, -0.2) is 4.79 Å². The average Bonchev–Trinajstić information content (AvgIpc) is 2.68. The van der Waals surface area contributed by atoms with Crippen LogP contribution in [0, 0.1) is 0 Å². The zero-order valence-corrected chi connectivity index (χ0v) is 14.2. The van der Waals surface area contributed by atoms with Crippen molar-refractivity contribution in [3.63, 3.8) is 0 Å². The predicted octanol–water partition coefficient (Wildman–Crippen LogP) is 2.44. The standard InChI is InChI=1S/C20H17NO5/c1-25-18(23)11-21-17(22)12-26-20(24)19-15-8-4-2-6-13(15)10-14-7-3-5-9-16(14)19/h2-10H,11-12H2,1H3,(H,21,22). The number of methoxy groups -OCH3 is 1. The lowest BCUT2D eigenvalue weighted by Crippen LogP contribution is -2.33. The number of ether oxygens (including phenoxy) is 2. The van der Waals surface area contributed by atoms with E-state index in [1.54, 1.807) is 0 Å². The first-order valence-corrected chi connectivity index (χ1v) is 8.01. The quantitative estimate of drug-likeness (QED) is 0.564. The van der Waals surface area contributed by atoms with Crippen molar-refractivity contribution in [3.8, 4) is 0 Å². The fourth-order valence-corrected chi connectivity index (χ4v) is 2.73. The largest absolute Gasteiger partial charge is 0.468 e. The number of esters is 2. The summed E-state index contributed by atoms with van der Waals surface area (Å²) >= 11 is 0. The molecule has 0 fully saturated rings. The molecule has 0 aliphatic carbocycles. The van der Waals surface area contributed by atoms with Crippen LogP contribution in [-0.4, -0.2) is 38.1 Å². The topological polar surface area (TPSA) is 81.7 Å². The zero-order valence-electron chi connectivity index (χ0n) is 14.2. The van der Waals surface area contributed by atoms with Gasteiger partial charge in [-0.1, -0.05) is 48.5 Å². The summed E-state index contributed by atoms with van der Waals surface area (Å²) in [4.78, 5) is 35.4. The van der Waals surface area contributed by atoms with Crippen LogP contribution < -0.4 is 5.32 Å². The van der Waals surface area contributed by atoms with Gasteiger partial charge in [0, 0.05) is 0 Å². The van der Waals surface area contributed by atoms with Crippen LogP contribution in [0.15, 0.2) is 54.6 Å². The highest BCUT2D eigenvalue weighted by molar-refractivity contribution is 6.16. The number of fused-ring (bicyclic) bond motifs is 2. The number of carbonyl (C=O) groups is 3. The molecule has 1 amide bonds. The summed E-state index contributed by atoms with van der Waals surface area (Å²) in [6.07, 6.45) is 0. The van der Waals surface area contributed by atoms with Crippen molar-refractivity contribution in [3.05, 3.63) is 60.2 Å². The summed E-state index contributed by atoms with van der Waals surface area (Å²) in [6, 6.07) is 17.0. The Morgan fingerprint density at radius 1 is 0.923 bits per heavy atom. The third-order valence-electron chi connectivity index (χ3n) is 3.97. The molecule has 132 valence electrons. The minimum absolute atomic E-state index is 0.274. The molecule has 0 aliphatic rings. The molecular formula is C20H17NO5. The number of carbonyl (C=O) groups excluding carboxylic acids is 3. The lowest BCUT2D eigenvalue weighted by molar-refractivity contribution is -0.141. The van der Waals surface area contributed by atoms with Gasteiger partial charge >= 0.3 is 11.9 Å². The van der Waals surface area contributed by atoms with Gasteiger partial charge in [0.25, 0.3) is 5.91 Å². The van der Waals surface area contributed by atoms with E-state index in [9.17, 15) is 14.4 Å². The summed E-state index contributed by atoms with van der Waals surface area (Å²) in [5, 5.41) is 5.66. The van der Waals surface area contributed by atoms with Gasteiger partial charge in [-0.05, 0) is 27.6 Å². The monoisotopic (exact) mass is 351 g/mol. The van der Waals surface area contributed by atoms with Crippen LogP contribution in [0.4, 0.5) is 0 Å². The van der Waals surface area contributed by atoms with E-state index in [0.29, 0.717) is 5.56 Å². The minimum Gasteiger partial charge on any atom is -0.468 e. The highest BCUT2D eigenvalue weighted by atomic mass is 16.5. The normalized spacial score (nSPS) is 10.5. The molecule has 0 saturated carbocycles. The Hall–Kier alpha value is -3.41. The molecule has 0 aliphatic heterocycles. The van der Waals surface area contributed by atoms with Crippen LogP contribution >= 0.6 is 0 Å². The van der Waals surface area contributed by atoms with Crippen LogP contribution in [-0.2, 0) is 19.1 Å². The van der Waals surface area contributed by atoms with Crippen molar-refractivity contribution in [2.45, 2.75) is 0 Å². The molecular weight excluding hydrogens is 334 g/mol. The smallest absolute Gasteiger partial charge is 0.339 e. The first kappa shape index (κ1) is 17.4. The lowest BCUT2D eigenvalue weighted by atomic mass is 9.97. The maximum atomic E-state index is 12.7. The summed E-state index contributed by atoms with van der Waals surface area (Å²) in [5.41, 5.74) is 0.416. The fourth-order valence-electron chi connectivity index (χ4n) is 2.73. The second kappa shape index (κ2) is 7.65. The van der Waals surface area contributed by atoms with Crippen molar-refractivity contribution < 1.29 is 23.9 Å². The molecule has 0 aromatic heterocycles. The number of amides is 1. The summed E-state index contributed by atoms with van der Waals surface area (Å²) < 4.78 is 9.60. The average molecular weight is 351 g/mol. The van der Waals surface area contributed by atoms with Crippen LogP contribution in [0.3, 0.4) is 0 Å². The molecule has 6 nitrogen and oxygen atoms in total. The number of benzene rings is 3. The van der Waals surface area contributed by atoms with Gasteiger partial charge in [0.2, 0.25) is 0 Å². The van der Waals surface area contributed by atoms with Crippen LogP contribution in [0.5, 0.6) is 0 Å². The Morgan fingerprint density at radius 2 is 1.50 bits per heavy atom. The second-order valence-electron chi connectivity index (χ2n) is 5.62. The molecule has 3 rings (SSSR count). The molecule has 3 aromatic rings. The highest BCUT2D eigenvalue weighted by Gasteiger charge is 2.17. The van der Waals surface area contributed by atoms with Crippen molar-refractivity contribution >= 4 is 39.4 Å². The number of nitrogens with one attached hydrogen (secondary N) is 1. The van der Waals surface area contributed by atoms with Gasteiger partial charge in [0.1, 0.15) is 6.54 Å². The molecule has 0 radical (unpaired) electrons. The molecule has 3 aromatic carbocycles. The fraction of sp³-hybridized carbons (Fsp3) is 0.150. The van der Waals surface area contributed by atoms with E-state index in [1.807, 2.05) is 54.6 Å². The molecule has 0 unspecified atom stereocenters. The van der Waals surface area contributed by atoms with Crippen LogP contribution in [0.1, 0.15) is 10.4 Å². The first-order chi connectivity index (χ1) is 12.6. The first-order valence-electron chi connectivity index (χ1n) is 8.01. The maximum Gasteiger partial charge on any atom is 0.339 e. The van der Waals surface area contributed by atoms with E-state index in [4.69, 9.17) is 4.74 Å². The molecule has 0 atom stereocenters. The highest BCUT2D eigenvalue weighted by Crippen LogP contribution is 2.28. The Balaban J connectivity index is 1.85. The van der Waals surface area contributed by atoms with Crippen molar-refractivity contribution in [1.82, 2.24) is 5.32 Å². The number of hydrogen-bond donors (Lipinski definition) is 1. The third-order valence-corrected chi connectivity index (χ3v) is 3.97. The minimum atomic E-state index is -0.591. The van der Waals surface area contributed by atoms with Crippen LogP contribution in [0.25, 0.3) is 21.5 Å². The van der Waals surface area contributed by atoms with Gasteiger partial charge in [-0.3, -0.25) is 9.59 Å². The molecule has 26 heavy (non-hydrogen) atoms. The molecule has 0 saturated heterocycles. The van der Waals surface area contributed by atoms with Gasteiger partial charge in [-0.15, -0.1) is 0 Å². The summed E-state index contributed by atoms with van der Waals surface area (Å²) in [7, 11) is 1.22. The van der Waals surface area contributed by atoms with Gasteiger partial charge in [-0.2, -0.15) is 0 Å². The van der Waals surface area contributed by atoms with E-state index >= 15 is 0 Å². The van der Waals surface area contributed by atoms with Crippen molar-refractivity contribution in [2.24, 2.45) is 0 Å². The lowest BCUT2D eigenvalue weighted by Gasteiger charge is -2.11. The van der Waals surface area contributed by atoms with Crippen molar-refractivity contribution in [1.29, 1.82) is 0 Å². The second-order valence-corrected chi connectivity index (χ2v) is 5.62. The van der Waals surface area contributed by atoms with E-state index in [1.165, 1.54) is 7.11 Å². The number of rotatable bonds is 5. The predicted molar refractivity (Wildman–Crippen MR) is 96.8 cm³/mol. The van der Waals surface area contributed by atoms with Gasteiger partial charge in [0.15, 0.2) is 6.61 Å². The van der Waals surface area contributed by atoms with E-state index in [0.717, 1.165) is 21.5 Å². The third kappa shape index (κ3) is 3.64. The van der Waals surface area contributed by atoms with E-state index in [2.05, 4.69) is 10.1 Å².